The Kier molecular flexibility index (Phi) is 7.86. The molecule has 2 saturated heterocycles. The molecule has 1 N–H and O–H groups in total. The molecule has 0 saturated carbocycles. The molecule has 0 radical (unpaired) electrons. The van der Waals surface area contributed by atoms with Gasteiger partial charge in [0, 0.05) is 42.8 Å². The van der Waals surface area contributed by atoms with E-state index in [-0.39, 0.29) is 0 Å². The molecule has 31 heavy (non-hydrogen) atoms. The van der Waals surface area contributed by atoms with Gasteiger partial charge in [0.25, 0.3) is 0 Å². The van der Waals surface area contributed by atoms with E-state index in [1.165, 1.54) is 51.4 Å². The standard InChI is InChI=1S/C23H30Cl2N6/c24-19-10-9-18(20(25)15-19)17-26-29-21-16-22(30-11-5-1-2-6-12-30)28-23(27-21)31-13-7-3-4-8-14-31/h9-10,15-17H,1-8,11-14H2,(H,27,28,29)/b26-17+. The molecule has 2 aromatic rings. The SMILES string of the molecule is Clc1ccc(/C=N/Nc2cc(N3CCCCCC3)nc(N3CCCCCC3)n2)c(Cl)c1. The summed E-state index contributed by atoms with van der Waals surface area (Å²) in [4.78, 5) is 14.5. The molecule has 0 spiro atoms. The Balaban J connectivity index is 1.57. The lowest BCUT2D eigenvalue weighted by atomic mass is 10.2. The highest BCUT2D eigenvalue weighted by molar-refractivity contribution is 6.36. The molecule has 2 aliphatic rings. The van der Waals surface area contributed by atoms with Gasteiger partial charge in [-0.2, -0.15) is 15.1 Å². The number of anilines is 3. The van der Waals surface area contributed by atoms with Crippen LogP contribution in [-0.2, 0) is 0 Å². The Morgan fingerprint density at radius 2 is 1.45 bits per heavy atom. The number of hydrazone groups is 1. The normalized spacial score (nSPS) is 18.1. The maximum absolute atomic E-state index is 6.25. The predicted molar refractivity (Wildman–Crippen MR) is 131 cm³/mol. The Bertz CT molecular complexity index is 849. The van der Waals surface area contributed by atoms with Crippen LogP contribution in [0.25, 0.3) is 0 Å². The van der Waals surface area contributed by atoms with Crippen LogP contribution in [0.4, 0.5) is 17.6 Å². The summed E-state index contributed by atoms with van der Waals surface area (Å²) in [5.74, 6) is 2.49. The average Bonchev–Trinajstić information content (AvgIpc) is 3.21. The van der Waals surface area contributed by atoms with Crippen LogP contribution in [0.5, 0.6) is 0 Å². The lowest BCUT2D eigenvalue weighted by molar-refractivity contribution is 0.726. The van der Waals surface area contributed by atoms with Crippen molar-refractivity contribution in [1.29, 1.82) is 0 Å². The van der Waals surface area contributed by atoms with Crippen LogP contribution in [0.15, 0.2) is 29.4 Å². The highest BCUT2D eigenvalue weighted by Crippen LogP contribution is 2.25. The first kappa shape index (κ1) is 22.2. The highest BCUT2D eigenvalue weighted by Gasteiger charge is 2.18. The number of nitrogens with zero attached hydrogens (tertiary/aromatic N) is 5. The van der Waals surface area contributed by atoms with Crippen molar-refractivity contribution in [3.05, 3.63) is 39.9 Å². The molecular weight excluding hydrogens is 431 g/mol. The van der Waals surface area contributed by atoms with E-state index in [0.29, 0.717) is 15.9 Å². The molecular formula is C23H30Cl2N6. The fraction of sp³-hybridized carbons (Fsp3) is 0.522. The second kappa shape index (κ2) is 11.0. The third kappa shape index (κ3) is 6.23. The van der Waals surface area contributed by atoms with E-state index >= 15 is 0 Å². The predicted octanol–water partition coefficient (Wildman–Crippen LogP) is 5.99. The van der Waals surface area contributed by atoms with Crippen LogP contribution >= 0.6 is 23.2 Å². The quantitative estimate of drug-likeness (QED) is 0.438. The molecule has 1 aromatic carbocycles. The minimum absolute atomic E-state index is 0.566. The van der Waals surface area contributed by atoms with Crippen molar-refractivity contribution >= 4 is 47.0 Å². The summed E-state index contributed by atoms with van der Waals surface area (Å²) in [6.07, 6.45) is 11.6. The number of aromatic nitrogens is 2. The first-order chi connectivity index (χ1) is 15.2. The Morgan fingerprint density at radius 1 is 0.806 bits per heavy atom. The summed E-state index contributed by atoms with van der Waals surface area (Å²) in [7, 11) is 0. The van der Waals surface area contributed by atoms with Crippen LogP contribution < -0.4 is 15.2 Å². The summed E-state index contributed by atoms with van der Waals surface area (Å²) in [6, 6.07) is 7.37. The van der Waals surface area contributed by atoms with Crippen LogP contribution in [-0.4, -0.2) is 42.4 Å². The summed E-state index contributed by atoms with van der Waals surface area (Å²) in [5.41, 5.74) is 3.90. The molecule has 1 aromatic heterocycles. The summed E-state index contributed by atoms with van der Waals surface area (Å²) >= 11 is 12.2. The molecule has 0 amide bonds. The minimum atomic E-state index is 0.566. The molecule has 2 fully saturated rings. The van der Waals surface area contributed by atoms with Gasteiger partial charge in [-0.3, -0.25) is 5.43 Å². The first-order valence-electron chi connectivity index (χ1n) is 11.3. The molecule has 8 heteroatoms. The van der Waals surface area contributed by atoms with Gasteiger partial charge in [-0.05, 0) is 37.8 Å². The largest absolute Gasteiger partial charge is 0.356 e. The van der Waals surface area contributed by atoms with Gasteiger partial charge in [0.2, 0.25) is 5.95 Å². The Hall–Kier alpha value is -2.05. The van der Waals surface area contributed by atoms with E-state index in [4.69, 9.17) is 33.2 Å². The van der Waals surface area contributed by atoms with Crippen LogP contribution in [0.1, 0.15) is 56.9 Å². The molecule has 0 atom stereocenters. The topological polar surface area (TPSA) is 56.7 Å². The zero-order valence-corrected chi connectivity index (χ0v) is 19.4. The van der Waals surface area contributed by atoms with Crippen LogP contribution in [0.2, 0.25) is 10.0 Å². The molecule has 2 aliphatic heterocycles. The maximum Gasteiger partial charge on any atom is 0.229 e. The number of hydrogen-bond donors (Lipinski definition) is 1. The van der Waals surface area contributed by atoms with E-state index < -0.39 is 0 Å². The van der Waals surface area contributed by atoms with Crippen molar-refractivity contribution in [3.8, 4) is 0 Å². The van der Waals surface area contributed by atoms with Gasteiger partial charge < -0.3 is 9.80 Å². The maximum atomic E-state index is 6.25. The lowest BCUT2D eigenvalue weighted by Gasteiger charge is -2.25. The van der Waals surface area contributed by atoms with Gasteiger partial charge in [0.1, 0.15) is 5.82 Å². The molecule has 166 valence electrons. The summed E-state index contributed by atoms with van der Waals surface area (Å²) < 4.78 is 0. The molecule has 3 heterocycles. The van der Waals surface area contributed by atoms with Crippen molar-refractivity contribution in [2.45, 2.75) is 51.4 Å². The number of hydrogen-bond acceptors (Lipinski definition) is 6. The molecule has 4 rings (SSSR count). The summed E-state index contributed by atoms with van der Waals surface area (Å²) in [6.45, 7) is 4.10. The third-order valence-electron chi connectivity index (χ3n) is 5.87. The summed E-state index contributed by atoms with van der Waals surface area (Å²) in [5, 5.41) is 5.55. The number of halogens is 2. The van der Waals surface area contributed by atoms with Gasteiger partial charge in [0.15, 0.2) is 5.82 Å². The van der Waals surface area contributed by atoms with Crippen LogP contribution in [0, 0.1) is 0 Å². The van der Waals surface area contributed by atoms with Crippen molar-refractivity contribution in [1.82, 2.24) is 9.97 Å². The van der Waals surface area contributed by atoms with Gasteiger partial charge in [-0.25, -0.2) is 0 Å². The first-order valence-corrected chi connectivity index (χ1v) is 12.1. The lowest BCUT2D eigenvalue weighted by Crippen LogP contribution is -2.29. The van der Waals surface area contributed by atoms with Crippen molar-refractivity contribution in [3.63, 3.8) is 0 Å². The third-order valence-corrected chi connectivity index (χ3v) is 6.43. The van der Waals surface area contributed by atoms with Gasteiger partial charge in [0.05, 0.1) is 11.2 Å². The smallest absolute Gasteiger partial charge is 0.229 e. The molecule has 0 aliphatic carbocycles. The number of benzene rings is 1. The van der Waals surface area contributed by atoms with Gasteiger partial charge in [-0.1, -0.05) is 55.0 Å². The minimum Gasteiger partial charge on any atom is -0.356 e. The Labute approximate surface area is 194 Å². The van der Waals surface area contributed by atoms with E-state index in [1.807, 2.05) is 12.1 Å². The molecule has 0 unspecified atom stereocenters. The fourth-order valence-electron chi connectivity index (χ4n) is 4.13. The van der Waals surface area contributed by atoms with Crippen molar-refractivity contribution in [2.24, 2.45) is 5.10 Å². The molecule has 0 bridgehead atoms. The fourth-order valence-corrected chi connectivity index (χ4v) is 4.58. The highest BCUT2D eigenvalue weighted by atomic mass is 35.5. The van der Waals surface area contributed by atoms with Crippen molar-refractivity contribution in [2.75, 3.05) is 41.4 Å². The van der Waals surface area contributed by atoms with Crippen molar-refractivity contribution < 1.29 is 0 Å². The van der Waals surface area contributed by atoms with Gasteiger partial charge >= 0.3 is 0 Å². The second-order valence-electron chi connectivity index (χ2n) is 8.25. The average molecular weight is 461 g/mol. The zero-order valence-electron chi connectivity index (χ0n) is 17.9. The monoisotopic (exact) mass is 460 g/mol. The van der Waals surface area contributed by atoms with E-state index in [2.05, 4.69) is 20.3 Å². The zero-order chi connectivity index (χ0) is 21.5. The van der Waals surface area contributed by atoms with Gasteiger partial charge in [-0.15, -0.1) is 0 Å². The van der Waals surface area contributed by atoms with E-state index in [9.17, 15) is 0 Å². The molecule has 6 nitrogen and oxygen atoms in total. The number of rotatable bonds is 5. The second-order valence-corrected chi connectivity index (χ2v) is 9.09. The number of nitrogens with one attached hydrogen (secondary N) is 1. The van der Waals surface area contributed by atoms with Crippen LogP contribution in [0.3, 0.4) is 0 Å². The Morgan fingerprint density at radius 3 is 2.10 bits per heavy atom. The van der Waals surface area contributed by atoms with E-state index in [0.717, 1.165) is 43.5 Å². The van der Waals surface area contributed by atoms with E-state index in [1.54, 1.807) is 18.3 Å².